The molecule has 1 aromatic carbocycles. The Morgan fingerprint density at radius 1 is 1.17 bits per heavy atom. The highest BCUT2D eigenvalue weighted by Gasteiger charge is 2.42. The first-order chi connectivity index (χ1) is 8.66. The Balaban J connectivity index is 1.75. The second-order valence-corrected chi connectivity index (χ2v) is 5.35. The Bertz CT molecular complexity index is 466. The van der Waals surface area contributed by atoms with Gasteiger partial charge in [0.25, 0.3) is 5.91 Å². The maximum atomic E-state index is 12.1. The molecule has 2 saturated carbocycles. The van der Waals surface area contributed by atoms with Crippen molar-refractivity contribution in [2.45, 2.75) is 31.7 Å². The summed E-state index contributed by atoms with van der Waals surface area (Å²) in [5.41, 5.74) is 0.154. The van der Waals surface area contributed by atoms with Crippen LogP contribution in [0, 0.1) is 11.8 Å². The largest absolute Gasteiger partial charge is 0.504 e. The monoisotopic (exact) mass is 247 g/mol. The van der Waals surface area contributed by atoms with Gasteiger partial charge in [-0.1, -0.05) is 6.07 Å². The molecule has 0 heterocycles. The van der Waals surface area contributed by atoms with Crippen molar-refractivity contribution in [3.63, 3.8) is 0 Å². The lowest BCUT2D eigenvalue weighted by molar-refractivity contribution is 0.0923. The van der Waals surface area contributed by atoms with Crippen LogP contribution in [-0.4, -0.2) is 22.2 Å². The zero-order valence-corrected chi connectivity index (χ0v) is 10.1. The molecule has 2 aliphatic carbocycles. The molecule has 1 amide bonds. The number of amides is 1. The molecule has 0 bridgehead atoms. The fourth-order valence-corrected chi connectivity index (χ4v) is 2.47. The number of aromatic hydroxyl groups is 2. The van der Waals surface area contributed by atoms with Crippen LogP contribution in [0.25, 0.3) is 0 Å². The first-order valence-corrected chi connectivity index (χ1v) is 6.48. The van der Waals surface area contributed by atoms with Gasteiger partial charge in [0.15, 0.2) is 11.5 Å². The quantitative estimate of drug-likeness (QED) is 0.713. The second-order valence-electron chi connectivity index (χ2n) is 5.35. The standard InChI is InChI=1S/C14H17NO3/c16-11-3-1-2-10(13(11)17)14(18)15-12(8-4-5-8)9-6-7-9/h1-3,8-9,12,16-17H,4-7H2,(H,15,18). The molecule has 18 heavy (non-hydrogen) atoms. The summed E-state index contributed by atoms with van der Waals surface area (Å²) < 4.78 is 0. The van der Waals surface area contributed by atoms with Crippen LogP contribution in [0.4, 0.5) is 0 Å². The van der Waals surface area contributed by atoms with Crippen molar-refractivity contribution >= 4 is 5.91 Å². The minimum absolute atomic E-state index is 0.154. The summed E-state index contributed by atoms with van der Waals surface area (Å²) in [4.78, 5) is 12.1. The van der Waals surface area contributed by atoms with E-state index >= 15 is 0 Å². The maximum absolute atomic E-state index is 12.1. The smallest absolute Gasteiger partial charge is 0.255 e. The molecule has 2 fully saturated rings. The number of nitrogens with one attached hydrogen (secondary N) is 1. The van der Waals surface area contributed by atoms with Crippen LogP contribution < -0.4 is 5.32 Å². The van der Waals surface area contributed by atoms with Crippen molar-refractivity contribution in [1.82, 2.24) is 5.32 Å². The minimum atomic E-state index is -0.333. The summed E-state index contributed by atoms with van der Waals surface area (Å²) in [5.74, 6) is 0.353. The number of phenolic OH excluding ortho intramolecular Hbond substituents is 2. The van der Waals surface area contributed by atoms with Crippen LogP contribution in [0.5, 0.6) is 11.5 Å². The van der Waals surface area contributed by atoms with Crippen molar-refractivity contribution in [2.75, 3.05) is 0 Å². The molecule has 0 aromatic heterocycles. The van der Waals surface area contributed by atoms with Gasteiger partial charge in [0.1, 0.15) is 0 Å². The van der Waals surface area contributed by atoms with E-state index in [2.05, 4.69) is 5.32 Å². The van der Waals surface area contributed by atoms with E-state index in [1.165, 1.54) is 37.8 Å². The van der Waals surface area contributed by atoms with E-state index in [4.69, 9.17) is 0 Å². The fraction of sp³-hybridized carbons (Fsp3) is 0.500. The summed E-state index contributed by atoms with van der Waals surface area (Å²) >= 11 is 0. The van der Waals surface area contributed by atoms with Crippen LogP contribution in [-0.2, 0) is 0 Å². The van der Waals surface area contributed by atoms with Crippen molar-refractivity contribution in [2.24, 2.45) is 11.8 Å². The first-order valence-electron chi connectivity index (χ1n) is 6.48. The zero-order valence-electron chi connectivity index (χ0n) is 10.1. The number of carbonyl (C=O) groups excluding carboxylic acids is 1. The lowest BCUT2D eigenvalue weighted by Gasteiger charge is -2.18. The highest BCUT2D eigenvalue weighted by Crippen LogP contribution is 2.44. The Morgan fingerprint density at radius 3 is 2.33 bits per heavy atom. The van der Waals surface area contributed by atoms with E-state index in [1.807, 2.05) is 0 Å². The first kappa shape index (κ1) is 11.4. The summed E-state index contributed by atoms with van der Waals surface area (Å²) in [7, 11) is 0. The Kier molecular flexibility index (Phi) is 2.65. The number of hydrogen-bond donors (Lipinski definition) is 3. The van der Waals surface area contributed by atoms with Gasteiger partial charge in [0.05, 0.1) is 5.56 Å². The predicted octanol–water partition coefficient (Wildman–Crippen LogP) is 2.02. The summed E-state index contributed by atoms with van der Waals surface area (Å²) in [6, 6.07) is 4.71. The summed E-state index contributed by atoms with van der Waals surface area (Å²) in [5, 5.41) is 22.1. The summed E-state index contributed by atoms with van der Waals surface area (Å²) in [6.07, 6.45) is 4.75. The molecule has 0 unspecified atom stereocenters. The third kappa shape index (κ3) is 2.15. The van der Waals surface area contributed by atoms with Gasteiger partial charge in [-0.15, -0.1) is 0 Å². The molecule has 0 saturated heterocycles. The number of rotatable bonds is 4. The molecule has 0 atom stereocenters. The van der Waals surface area contributed by atoms with Crippen LogP contribution in [0.2, 0.25) is 0 Å². The summed E-state index contributed by atoms with van der Waals surface area (Å²) in [6.45, 7) is 0. The van der Waals surface area contributed by atoms with Crippen molar-refractivity contribution in [1.29, 1.82) is 0 Å². The molecule has 96 valence electrons. The predicted molar refractivity (Wildman–Crippen MR) is 66.5 cm³/mol. The van der Waals surface area contributed by atoms with Crippen LogP contribution in [0.15, 0.2) is 18.2 Å². The van der Waals surface area contributed by atoms with Crippen molar-refractivity contribution < 1.29 is 15.0 Å². The van der Waals surface area contributed by atoms with Crippen molar-refractivity contribution in [3.8, 4) is 11.5 Å². The van der Waals surface area contributed by atoms with Gasteiger partial charge >= 0.3 is 0 Å². The number of hydrogen-bond acceptors (Lipinski definition) is 3. The topological polar surface area (TPSA) is 69.6 Å². The third-order valence-corrected chi connectivity index (χ3v) is 3.82. The van der Waals surface area contributed by atoms with Crippen LogP contribution in [0.1, 0.15) is 36.0 Å². The molecule has 2 aliphatic rings. The molecule has 0 spiro atoms. The normalized spacial score (nSPS) is 18.9. The number of phenols is 2. The highest BCUT2D eigenvalue weighted by atomic mass is 16.3. The SMILES string of the molecule is O=C(NC(C1CC1)C1CC1)c1cccc(O)c1O. The molecule has 0 radical (unpaired) electrons. The van der Waals surface area contributed by atoms with Crippen LogP contribution in [0.3, 0.4) is 0 Å². The average molecular weight is 247 g/mol. The van der Waals surface area contributed by atoms with E-state index in [0.717, 1.165) is 0 Å². The number of carbonyl (C=O) groups is 1. The molecule has 1 aromatic rings. The molecular formula is C14H17NO3. The van der Waals surface area contributed by atoms with E-state index in [1.54, 1.807) is 6.07 Å². The molecule has 4 heteroatoms. The molecule has 4 nitrogen and oxygen atoms in total. The van der Waals surface area contributed by atoms with Gasteiger partial charge in [-0.3, -0.25) is 4.79 Å². The molecular weight excluding hydrogens is 230 g/mol. The Labute approximate surface area is 106 Å². The fourth-order valence-electron chi connectivity index (χ4n) is 2.47. The second kappa shape index (κ2) is 4.19. The average Bonchev–Trinajstić information content (AvgIpc) is 3.22. The van der Waals surface area contributed by atoms with Gasteiger partial charge in [-0.2, -0.15) is 0 Å². The van der Waals surface area contributed by atoms with Crippen LogP contribution >= 0.6 is 0 Å². The van der Waals surface area contributed by atoms with E-state index in [0.29, 0.717) is 11.8 Å². The minimum Gasteiger partial charge on any atom is -0.504 e. The Morgan fingerprint density at radius 2 is 1.78 bits per heavy atom. The van der Waals surface area contributed by atoms with Gasteiger partial charge in [-0.05, 0) is 49.7 Å². The number of para-hydroxylation sites is 1. The van der Waals surface area contributed by atoms with E-state index < -0.39 is 0 Å². The zero-order chi connectivity index (χ0) is 12.7. The van der Waals surface area contributed by atoms with Gasteiger partial charge in [0.2, 0.25) is 0 Å². The lowest BCUT2D eigenvalue weighted by Crippen LogP contribution is -2.38. The van der Waals surface area contributed by atoms with Gasteiger partial charge < -0.3 is 15.5 Å². The van der Waals surface area contributed by atoms with Gasteiger partial charge in [-0.25, -0.2) is 0 Å². The molecule has 3 rings (SSSR count). The molecule has 0 aliphatic heterocycles. The van der Waals surface area contributed by atoms with Gasteiger partial charge in [0, 0.05) is 6.04 Å². The number of benzene rings is 1. The lowest BCUT2D eigenvalue weighted by atomic mass is 10.1. The maximum Gasteiger partial charge on any atom is 0.255 e. The van der Waals surface area contributed by atoms with E-state index in [9.17, 15) is 15.0 Å². The van der Waals surface area contributed by atoms with Crippen molar-refractivity contribution in [3.05, 3.63) is 23.8 Å². The van der Waals surface area contributed by atoms with E-state index in [-0.39, 0.29) is 29.0 Å². The Hall–Kier alpha value is -1.71. The molecule has 3 N–H and O–H groups in total. The highest BCUT2D eigenvalue weighted by molar-refractivity contribution is 5.97. The third-order valence-electron chi connectivity index (χ3n) is 3.82.